The molecule has 0 aliphatic carbocycles. The Morgan fingerprint density at radius 1 is 1.17 bits per heavy atom. The van der Waals surface area contributed by atoms with Gasteiger partial charge in [-0.2, -0.15) is 4.31 Å². The van der Waals surface area contributed by atoms with Gasteiger partial charge in [-0.05, 0) is 63.4 Å². The number of aromatic nitrogens is 2. The maximum absolute atomic E-state index is 14.3. The highest BCUT2D eigenvalue weighted by Gasteiger charge is 2.33. The van der Waals surface area contributed by atoms with Crippen LogP contribution in [0.2, 0.25) is 0 Å². The van der Waals surface area contributed by atoms with E-state index in [0.29, 0.717) is 30.0 Å². The number of benzene rings is 2. The van der Waals surface area contributed by atoms with Gasteiger partial charge in [-0.25, -0.2) is 13.4 Å². The molecule has 2 amide bonds. The number of ether oxygens (including phenoxy) is 2. The number of carbonyl (C=O) groups is 2. The Kier molecular flexibility index (Phi) is 12.0. The second-order valence-electron chi connectivity index (χ2n) is 12.0. The van der Waals surface area contributed by atoms with Crippen molar-refractivity contribution < 1.29 is 32.6 Å². The first-order chi connectivity index (χ1) is 21.9. The summed E-state index contributed by atoms with van der Waals surface area (Å²) in [5.41, 5.74) is 1.14. The molecule has 2 heterocycles. The minimum atomic E-state index is -3.88. The molecule has 2 aromatic carbocycles. The van der Waals surface area contributed by atoms with Crippen molar-refractivity contribution in [2.75, 3.05) is 38.7 Å². The molecule has 4 atom stereocenters. The topological polar surface area (TPSA) is 143 Å². The molecule has 3 aromatic rings. The molecule has 1 aromatic heterocycles. The number of fused-ring (bicyclic) bond motifs is 1. The predicted molar refractivity (Wildman–Crippen MR) is 174 cm³/mol. The van der Waals surface area contributed by atoms with Crippen molar-refractivity contribution in [1.82, 2.24) is 18.8 Å². The highest BCUT2D eigenvalue weighted by atomic mass is 32.2. The van der Waals surface area contributed by atoms with Gasteiger partial charge >= 0.3 is 0 Å². The van der Waals surface area contributed by atoms with E-state index in [9.17, 15) is 23.1 Å². The Bertz CT molecular complexity index is 1580. The summed E-state index contributed by atoms with van der Waals surface area (Å²) in [4.78, 5) is 32.8. The third-order valence-corrected chi connectivity index (χ3v) is 9.85. The number of nitrogens with one attached hydrogen (secondary N) is 1. The standard InChI is InChI=1S/C33H45N5O7S/c1-23-18-38(24(2)21-39)33(41)28-17-27(35-32(40)26-12-7-6-8-13-26)14-15-29(28)45-25(3)11-9-10-16-44-30(23)19-37(5)46(42,43)31-20-36(4)22-34-31/h6-8,12-15,17,20,22-25,30,39H,9-11,16,18-19,21H2,1-5H3,(H,35,40)/t23-,24-,25+,30+/m1/s1. The fraction of sp³-hybridized carbons (Fsp3) is 0.485. The van der Waals surface area contributed by atoms with Gasteiger partial charge in [0.1, 0.15) is 5.75 Å². The van der Waals surface area contributed by atoms with E-state index in [1.165, 1.54) is 23.9 Å². The van der Waals surface area contributed by atoms with Gasteiger partial charge in [0, 0.05) is 57.2 Å². The molecule has 4 rings (SSSR count). The highest BCUT2D eigenvalue weighted by Crippen LogP contribution is 2.29. The average molecular weight is 656 g/mol. The van der Waals surface area contributed by atoms with Crippen LogP contribution in [0.25, 0.3) is 0 Å². The zero-order valence-corrected chi connectivity index (χ0v) is 27.9. The number of anilines is 1. The van der Waals surface area contributed by atoms with Gasteiger partial charge in [0.05, 0.1) is 36.7 Å². The van der Waals surface area contributed by atoms with E-state index >= 15 is 0 Å². The van der Waals surface area contributed by atoms with Crippen LogP contribution in [0.3, 0.4) is 0 Å². The number of aryl methyl sites for hydroxylation is 1. The number of aliphatic hydroxyl groups is 1. The largest absolute Gasteiger partial charge is 0.490 e. The van der Waals surface area contributed by atoms with Crippen molar-refractivity contribution in [1.29, 1.82) is 0 Å². The molecular formula is C33H45N5O7S. The van der Waals surface area contributed by atoms with Crippen LogP contribution in [0.1, 0.15) is 60.7 Å². The zero-order valence-electron chi connectivity index (χ0n) is 27.1. The molecule has 46 heavy (non-hydrogen) atoms. The summed E-state index contributed by atoms with van der Waals surface area (Å²) < 4.78 is 41.9. The first-order valence-corrected chi connectivity index (χ1v) is 17.0. The molecule has 12 nitrogen and oxygen atoms in total. The van der Waals surface area contributed by atoms with E-state index in [1.54, 1.807) is 65.9 Å². The molecule has 0 bridgehead atoms. The first-order valence-electron chi connectivity index (χ1n) is 15.6. The van der Waals surface area contributed by atoms with Crippen LogP contribution in [-0.2, 0) is 21.8 Å². The van der Waals surface area contributed by atoms with Crippen molar-refractivity contribution in [2.45, 2.75) is 63.3 Å². The summed E-state index contributed by atoms with van der Waals surface area (Å²) >= 11 is 0. The Morgan fingerprint density at radius 2 is 1.91 bits per heavy atom. The van der Waals surface area contributed by atoms with Crippen molar-refractivity contribution in [3.63, 3.8) is 0 Å². The number of sulfonamides is 1. The normalized spacial score (nSPS) is 20.8. The second kappa shape index (κ2) is 15.7. The molecule has 0 radical (unpaired) electrons. The summed E-state index contributed by atoms with van der Waals surface area (Å²) in [5, 5.41) is 13.0. The number of carbonyl (C=O) groups excluding carboxylic acids is 2. The van der Waals surface area contributed by atoms with Gasteiger partial charge in [0.15, 0.2) is 5.03 Å². The van der Waals surface area contributed by atoms with Crippen molar-refractivity contribution in [3.05, 3.63) is 72.2 Å². The van der Waals surface area contributed by atoms with E-state index in [1.807, 2.05) is 19.9 Å². The fourth-order valence-corrected chi connectivity index (χ4v) is 6.43. The number of rotatable bonds is 8. The Morgan fingerprint density at radius 3 is 2.59 bits per heavy atom. The average Bonchev–Trinajstić information content (AvgIpc) is 3.49. The van der Waals surface area contributed by atoms with E-state index in [-0.39, 0.29) is 48.2 Å². The molecular weight excluding hydrogens is 610 g/mol. The molecule has 0 saturated carbocycles. The molecule has 0 fully saturated rings. The van der Waals surface area contributed by atoms with Gasteiger partial charge < -0.3 is 29.4 Å². The molecule has 2 N–H and O–H groups in total. The van der Waals surface area contributed by atoms with E-state index in [4.69, 9.17) is 9.47 Å². The maximum Gasteiger partial charge on any atom is 0.261 e. The van der Waals surface area contributed by atoms with Crippen molar-refractivity contribution in [2.24, 2.45) is 13.0 Å². The summed E-state index contributed by atoms with van der Waals surface area (Å²) in [6.07, 6.45) is 4.35. The van der Waals surface area contributed by atoms with Crippen molar-refractivity contribution >= 4 is 27.5 Å². The minimum Gasteiger partial charge on any atom is -0.490 e. The second-order valence-corrected chi connectivity index (χ2v) is 14.0. The maximum atomic E-state index is 14.3. The molecule has 1 aliphatic heterocycles. The molecule has 1 aliphatic rings. The molecule has 13 heteroatoms. The Labute approximate surface area is 271 Å². The highest BCUT2D eigenvalue weighted by molar-refractivity contribution is 7.89. The zero-order chi connectivity index (χ0) is 33.4. The quantitative estimate of drug-likeness (QED) is 0.373. The smallest absolute Gasteiger partial charge is 0.261 e. The van der Waals surface area contributed by atoms with Gasteiger partial charge in [0.25, 0.3) is 21.8 Å². The van der Waals surface area contributed by atoms with Crippen LogP contribution in [0, 0.1) is 5.92 Å². The third kappa shape index (κ3) is 8.72. The number of nitrogens with zero attached hydrogens (tertiary/aromatic N) is 4. The summed E-state index contributed by atoms with van der Waals surface area (Å²) in [7, 11) is -0.687. The van der Waals surface area contributed by atoms with Gasteiger partial charge in [-0.15, -0.1) is 0 Å². The number of hydrogen-bond acceptors (Lipinski definition) is 8. The van der Waals surface area contributed by atoms with Crippen molar-refractivity contribution in [3.8, 4) is 5.75 Å². The number of amides is 2. The lowest BCUT2D eigenvalue weighted by Gasteiger charge is -2.35. The Hall–Kier alpha value is -3.78. The van der Waals surface area contributed by atoms with Gasteiger partial charge in [-0.1, -0.05) is 25.1 Å². The van der Waals surface area contributed by atoms with Gasteiger partial charge in [0.2, 0.25) is 0 Å². The van der Waals surface area contributed by atoms with Crippen LogP contribution >= 0.6 is 0 Å². The van der Waals surface area contributed by atoms with Crippen LogP contribution < -0.4 is 10.1 Å². The van der Waals surface area contributed by atoms with E-state index in [2.05, 4.69) is 10.3 Å². The molecule has 250 valence electrons. The van der Waals surface area contributed by atoms with Crippen LogP contribution in [0.4, 0.5) is 5.69 Å². The van der Waals surface area contributed by atoms with Crippen LogP contribution in [0.15, 0.2) is 66.1 Å². The SMILES string of the molecule is C[C@@H]1CN([C@H](C)CO)C(=O)c2cc(NC(=O)c3ccccc3)ccc2O[C@@H](C)CCCCO[C@H]1CN(C)S(=O)(=O)c1cn(C)cn1. The summed E-state index contributed by atoms with van der Waals surface area (Å²) in [6, 6.07) is 13.2. The fourth-order valence-electron chi connectivity index (χ4n) is 5.29. The lowest BCUT2D eigenvalue weighted by molar-refractivity contribution is -0.00835. The first kappa shape index (κ1) is 35.1. The Balaban J connectivity index is 1.65. The number of hydrogen-bond donors (Lipinski definition) is 2. The molecule has 0 spiro atoms. The predicted octanol–water partition coefficient (Wildman–Crippen LogP) is 3.79. The van der Waals surface area contributed by atoms with E-state index in [0.717, 1.165) is 12.8 Å². The third-order valence-electron chi connectivity index (χ3n) is 8.14. The summed E-state index contributed by atoms with van der Waals surface area (Å²) in [6.45, 7) is 5.89. The minimum absolute atomic E-state index is 0.0430. The number of likely N-dealkylation sites (N-methyl/N-ethyl adjacent to an activating group) is 1. The lowest BCUT2D eigenvalue weighted by Crippen LogP contribution is -2.48. The van der Waals surface area contributed by atoms with Gasteiger partial charge in [-0.3, -0.25) is 9.59 Å². The van der Waals surface area contributed by atoms with Crippen LogP contribution in [-0.4, -0.2) is 95.7 Å². The number of aliphatic hydroxyl groups excluding tert-OH is 1. The monoisotopic (exact) mass is 655 g/mol. The van der Waals surface area contributed by atoms with E-state index < -0.39 is 28.1 Å². The molecule has 0 saturated heterocycles. The summed E-state index contributed by atoms with van der Waals surface area (Å²) in [5.74, 6) is -0.658. The lowest BCUT2D eigenvalue weighted by atomic mass is 10.0. The number of imidazole rings is 1. The molecule has 0 unspecified atom stereocenters. The van der Waals surface area contributed by atoms with Crippen LogP contribution in [0.5, 0.6) is 5.75 Å².